The highest BCUT2D eigenvalue weighted by Crippen LogP contribution is 2.38. The van der Waals surface area contributed by atoms with E-state index in [-0.39, 0.29) is 5.97 Å². The summed E-state index contributed by atoms with van der Waals surface area (Å²) in [5, 5.41) is 2.40. The Morgan fingerprint density at radius 3 is 2.30 bits per heavy atom. The Balaban J connectivity index is 1.48. The minimum atomic E-state index is -0.147. The van der Waals surface area contributed by atoms with Crippen LogP contribution in [0.3, 0.4) is 0 Å². The fourth-order valence-corrected chi connectivity index (χ4v) is 4.94. The molecule has 1 aliphatic rings. The van der Waals surface area contributed by atoms with Gasteiger partial charge in [-0.2, -0.15) is 0 Å². The highest BCUT2D eigenvalue weighted by atomic mass is 16.5. The number of hydrogen-bond acceptors (Lipinski definition) is 2. The van der Waals surface area contributed by atoms with Crippen LogP contribution in [0, 0.1) is 5.92 Å². The third kappa shape index (κ3) is 6.86. The van der Waals surface area contributed by atoms with Gasteiger partial charge >= 0.3 is 5.97 Å². The molecule has 0 saturated heterocycles. The molecule has 0 aliphatic heterocycles. The van der Waals surface area contributed by atoms with Crippen molar-refractivity contribution >= 4 is 16.7 Å². The van der Waals surface area contributed by atoms with Crippen molar-refractivity contribution in [2.45, 2.75) is 103 Å². The van der Waals surface area contributed by atoms with Gasteiger partial charge in [0.15, 0.2) is 0 Å². The van der Waals surface area contributed by atoms with Gasteiger partial charge in [-0.25, -0.2) is 0 Å². The fraction of sp³-hybridized carbons (Fsp3) is 0.607. The molecule has 30 heavy (non-hydrogen) atoms. The molecule has 3 rings (SSSR count). The molecular weight excluding hydrogens is 368 g/mol. The maximum Gasteiger partial charge on any atom is 0.311 e. The van der Waals surface area contributed by atoms with Crippen molar-refractivity contribution in [2.75, 3.05) is 0 Å². The Kier molecular flexibility index (Phi) is 9.24. The zero-order chi connectivity index (χ0) is 21.2. The van der Waals surface area contributed by atoms with Crippen molar-refractivity contribution in [3.8, 4) is 5.75 Å². The molecule has 2 aromatic rings. The number of fused-ring (bicyclic) bond motifs is 1. The molecule has 0 spiro atoms. The molecule has 0 heterocycles. The van der Waals surface area contributed by atoms with E-state index in [4.69, 9.17) is 4.74 Å². The number of rotatable bonds is 11. The summed E-state index contributed by atoms with van der Waals surface area (Å²) in [6.07, 6.45) is 16.6. The van der Waals surface area contributed by atoms with E-state index in [9.17, 15) is 4.79 Å². The van der Waals surface area contributed by atoms with E-state index in [0.29, 0.717) is 18.1 Å². The second-order valence-electron chi connectivity index (χ2n) is 9.27. The van der Waals surface area contributed by atoms with Crippen LogP contribution in [-0.2, 0) is 4.79 Å². The highest BCUT2D eigenvalue weighted by molar-refractivity contribution is 5.85. The van der Waals surface area contributed by atoms with Gasteiger partial charge < -0.3 is 4.74 Å². The van der Waals surface area contributed by atoms with E-state index < -0.39 is 0 Å². The minimum Gasteiger partial charge on any atom is -0.427 e. The van der Waals surface area contributed by atoms with Crippen molar-refractivity contribution in [1.82, 2.24) is 0 Å². The molecule has 0 aromatic heterocycles. The number of carbonyl (C=O) groups excluding carboxylic acids is 1. The summed E-state index contributed by atoms with van der Waals surface area (Å²) < 4.78 is 5.44. The summed E-state index contributed by atoms with van der Waals surface area (Å²) >= 11 is 0. The van der Waals surface area contributed by atoms with Crippen molar-refractivity contribution in [2.24, 2.45) is 5.92 Å². The molecule has 1 saturated carbocycles. The van der Waals surface area contributed by atoms with Crippen LogP contribution in [0.1, 0.15) is 109 Å². The van der Waals surface area contributed by atoms with Crippen LogP contribution in [0.15, 0.2) is 36.4 Å². The minimum absolute atomic E-state index is 0.147. The molecular formula is C28H40O2. The molecule has 2 heteroatoms. The summed E-state index contributed by atoms with van der Waals surface area (Å²) in [5.41, 5.74) is 1.48. The fourth-order valence-electron chi connectivity index (χ4n) is 4.94. The van der Waals surface area contributed by atoms with Gasteiger partial charge in [-0.15, -0.1) is 0 Å². The number of unbranched alkanes of at least 4 members (excludes halogenated alkanes) is 5. The van der Waals surface area contributed by atoms with Crippen LogP contribution in [0.2, 0.25) is 0 Å². The van der Waals surface area contributed by atoms with Crippen molar-refractivity contribution < 1.29 is 9.53 Å². The number of esters is 1. The van der Waals surface area contributed by atoms with Gasteiger partial charge in [0.05, 0.1) is 0 Å². The molecule has 0 radical (unpaired) electrons. The molecule has 0 N–H and O–H groups in total. The number of hydrogen-bond donors (Lipinski definition) is 0. The molecule has 0 amide bonds. The number of ether oxygens (including phenoxy) is 1. The Labute approximate surface area is 183 Å². The second-order valence-corrected chi connectivity index (χ2v) is 9.27. The Morgan fingerprint density at radius 2 is 1.53 bits per heavy atom. The van der Waals surface area contributed by atoms with E-state index in [1.54, 1.807) is 0 Å². The average molecular weight is 409 g/mol. The summed E-state index contributed by atoms with van der Waals surface area (Å²) in [6.45, 7) is 4.28. The molecule has 0 bridgehead atoms. The summed E-state index contributed by atoms with van der Waals surface area (Å²) in [4.78, 5) is 11.7. The first-order valence-electron chi connectivity index (χ1n) is 12.4. The summed E-state index contributed by atoms with van der Waals surface area (Å²) in [6, 6.07) is 12.9. The summed E-state index contributed by atoms with van der Waals surface area (Å²) in [5.74, 6) is 2.17. The summed E-state index contributed by atoms with van der Waals surface area (Å²) in [7, 11) is 0. The van der Waals surface area contributed by atoms with Crippen LogP contribution in [0.5, 0.6) is 5.75 Å². The first kappa shape index (κ1) is 22.8. The first-order valence-corrected chi connectivity index (χ1v) is 12.4. The van der Waals surface area contributed by atoms with Gasteiger partial charge in [0.25, 0.3) is 0 Å². The van der Waals surface area contributed by atoms with E-state index >= 15 is 0 Å². The van der Waals surface area contributed by atoms with E-state index in [1.165, 1.54) is 81.6 Å². The SMILES string of the molecule is CCCCCCCCC1CCC(c2ccc3cc(OC(=O)CCC)ccc3c2)CC1. The van der Waals surface area contributed by atoms with E-state index in [0.717, 1.165) is 17.7 Å². The molecule has 0 unspecified atom stereocenters. The number of carbonyl (C=O) groups is 1. The largest absolute Gasteiger partial charge is 0.427 e. The molecule has 2 nitrogen and oxygen atoms in total. The Bertz CT molecular complexity index is 786. The predicted octanol–water partition coefficient (Wildman–Crippen LogP) is 8.57. The topological polar surface area (TPSA) is 26.3 Å². The number of benzene rings is 2. The predicted molar refractivity (Wildman–Crippen MR) is 127 cm³/mol. The van der Waals surface area contributed by atoms with Crippen LogP contribution in [-0.4, -0.2) is 5.97 Å². The van der Waals surface area contributed by atoms with Gasteiger partial charge in [-0.3, -0.25) is 4.79 Å². The van der Waals surface area contributed by atoms with Crippen molar-refractivity contribution in [1.29, 1.82) is 0 Å². The Morgan fingerprint density at radius 1 is 0.833 bits per heavy atom. The zero-order valence-corrected chi connectivity index (χ0v) is 19.1. The lowest BCUT2D eigenvalue weighted by molar-refractivity contribution is -0.134. The van der Waals surface area contributed by atoms with E-state index in [2.05, 4.69) is 31.2 Å². The lowest BCUT2D eigenvalue weighted by atomic mass is 9.76. The lowest BCUT2D eigenvalue weighted by Crippen LogP contribution is -2.13. The van der Waals surface area contributed by atoms with Crippen LogP contribution in [0.4, 0.5) is 0 Å². The van der Waals surface area contributed by atoms with Gasteiger partial charge in [0.1, 0.15) is 5.75 Å². The van der Waals surface area contributed by atoms with E-state index in [1.807, 2.05) is 19.1 Å². The monoisotopic (exact) mass is 408 g/mol. The molecule has 2 aromatic carbocycles. The average Bonchev–Trinajstić information content (AvgIpc) is 2.76. The van der Waals surface area contributed by atoms with Crippen LogP contribution < -0.4 is 4.74 Å². The second kappa shape index (κ2) is 12.1. The lowest BCUT2D eigenvalue weighted by Gasteiger charge is -2.29. The third-order valence-electron chi connectivity index (χ3n) is 6.81. The van der Waals surface area contributed by atoms with Gasteiger partial charge in [0, 0.05) is 6.42 Å². The standard InChI is InChI=1S/C28H40O2/c1-3-5-6-7-8-9-11-22-12-14-23(15-13-22)24-16-17-26-21-27(19-18-25(26)20-24)30-28(29)10-4-2/h16-23H,3-15H2,1-2H3. The van der Waals surface area contributed by atoms with Gasteiger partial charge in [0.2, 0.25) is 0 Å². The van der Waals surface area contributed by atoms with Gasteiger partial charge in [-0.05, 0) is 72.4 Å². The molecule has 0 atom stereocenters. The zero-order valence-electron chi connectivity index (χ0n) is 19.1. The quantitative estimate of drug-likeness (QED) is 0.211. The normalized spacial score (nSPS) is 19.1. The maximum absolute atomic E-state index is 11.7. The smallest absolute Gasteiger partial charge is 0.311 e. The van der Waals surface area contributed by atoms with Gasteiger partial charge in [-0.1, -0.05) is 83.1 Å². The van der Waals surface area contributed by atoms with Crippen LogP contribution >= 0.6 is 0 Å². The first-order chi connectivity index (χ1) is 14.7. The molecule has 1 aliphatic carbocycles. The maximum atomic E-state index is 11.7. The Hall–Kier alpha value is -1.83. The van der Waals surface area contributed by atoms with Crippen molar-refractivity contribution in [3.05, 3.63) is 42.0 Å². The van der Waals surface area contributed by atoms with Crippen LogP contribution in [0.25, 0.3) is 10.8 Å². The molecule has 1 fully saturated rings. The molecule has 164 valence electrons. The third-order valence-corrected chi connectivity index (χ3v) is 6.81. The van der Waals surface area contributed by atoms with Crippen molar-refractivity contribution in [3.63, 3.8) is 0 Å². The highest BCUT2D eigenvalue weighted by Gasteiger charge is 2.22.